The lowest BCUT2D eigenvalue weighted by atomic mass is 10.0. The van der Waals surface area contributed by atoms with Crippen molar-refractivity contribution in [2.24, 2.45) is 7.05 Å². The lowest BCUT2D eigenvalue weighted by Crippen LogP contribution is -2.53. The summed E-state index contributed by atoms with van der Waals surface area (Å²) < 4.78 is 7.85. The van der Waals surface area contributed by atoms with Gasteiger partial charge in [-0.1, -0.05) is 0 Å². The molecule has 4 heterocycles. The first-order chi connectivity index (χ1) is 11.6. The lowest BCUT2D eigenvalue weighted by Gasteiger charge is -2.37. The van der Waals surface area contributed by atoms with E-state index in [9.17, 15) is 4.79 Å². The van der Waals surface area contributed by atoms with Crippen molar-refractivity contribution >= 4 is 5.91 Å². The van der Waals surface area contributed by atoms with Crippen LogP contribution in [0.25, 0.3) is 0 Å². The number of hydrogen-bond acceptors (Lipinski definition) is 5. The maximum absolute atomic E-state index is 12.4. The second-order valence-electron chi connectivity index (χ2n) is 7.38. The van der Waals surface area contributed by atoms with Crippen molar-refractivity contribution < 1.29 is 9.53 Å². The Morgan fingerprint density at radius 2 is 2.04 bits per heavy atom. The number of nitrogens with zero attached hydrogens (tertiary/aromatic N) is 5. The van der Waals surface area contributed by atoms with Gasteiger partial charge in [0.2, 0.25) is 5.91 Å². The molecule has 0 radical (unpaired) electrons. The summed E-state index contributed by atoms with van der Waals surface area (Å²) >= 11 is 0. The van der Waals surface area contributed by atoms with Crippen LogP contribution in [0.3, 0.4) is 0 Å². The van der Waals surface area contributed by atoms with Gasteiger partial charge in [-0.05, 0) is 33.0 Å². The minimum Gasteiger partial charge on any atom is -0.365 e. The molecule has 0 N–H and O–H groups in total. The van der Waals surface area contributed by atoms with Gasteiger partial charge in [0.1, 0.15) is 12.4 Å². The summed E-state index contributed by atoms with van der Waals surface area (Å²) in [5, 5.41) is 0. The second kappa shape index (κ2) is 6.46. The minimum atomic E-state index is 0.0875. The molecule has 4 rings (SSSR count). The Morgan fingerprint density at radius 1 is 1.25 bits per heavy atom. The molecule has 3 saturated heterocycles. The van der Waals surface area contributed by atoms with Gasteiger partial charge in [0.15, 0.2) is 0 Å². The maximum Gasteiger partial charge on any atom is 0.249 e. The summed E-state index contributed by atoms with van der Waals surface area (Å²) in [6.07, 6.45) is 6.28. The number of imidazole rings is 1. The normalized spacial score (nSPS) is 30.1. The van der Waals surface area contributed by atoms with Gasteiger partial charge >= 0.3 is 0 Å². The largest absolute Gasteiger partial charge is 0.365 e. The highest BCUT2D eigenvalue weighted by molar-refractivity contribution is 5.78. The highest BCUT2D eigenvalue weighted by Crippen LogP contribution is 2.28. The van der Waals surface area contributed by atoms with Gasteiger partial charge in [-0.3, -0.25) is 9.69 Å². The molecule has 0 spiro atoms. The second-order valence-corrected chi connectivity index (χ2v) is 7.38. The summed E-state index contributed by atoms with van der Waals surface area (Å²) in [5.41, 5.74) is 0. The van der Waals surface area contributed by atoms with Gasteiger partial charge < -0.3 is 19.1 Å². The molecule has 3 aliphatic rings. The standard InChI is InChI=1S/C17H27N5O2/c1-19-6-3-13(4-7-19)21-9-14-15(10-21)24-12-17(23)22(14)11-16-18-5-8-20(16)2/h5,8,13-15H,3-4,6-7,9-12H2,1-2H3. The zero-order chi connectivity index (χ0) is 16.7. The van der Waals surface area contributed by atoms with Crippen molar-refractivity contribution in [3.8, 4) is 0 Å². The molecule has 0 bridgehead atoms. The molecule has 132 valence electrons. The van der Waals surface area contributed by atoms with Crippen molar-refractivity contribution in [3.05, 3.63) is 18.2 Å². The van der Waals surface area contributed by atoms with Gasteiger partial charge in [0.25, 0.3) is 0 Å². The number of aryl methyl sites for hydroxylation is 1. The number of amides is 1. The molecule has 1 aromatic rings. The zero-order valence-electron chi connectivity index (χ0n) is 14.6. The van der Waals surface area contributed by atoms with Gasteiger partial charge in [-0.15, -0.1) is 0 Å². The Morgan fingerprint density at radius 3 is 2.75 bits per heavy atom. The van der Waals surface area contributed by atoms with Crippen LogP contribution in [-0.2, 0) is 23.1 Å². The van der Waals surface area contributed by atoms with Crippen LogP contribution in [0.1, 0.15) is 18.7 Å². The Hall–Kier alpha value is -1.44. The van der Waals surface area contributed by atoms with Crippen LogP contribution in [0, 0.1) is 0 Å². The smallest absolute Gasteiger partial charge is 0.249 e. The third kappa shape index (κ3) is 2.96. The molecule has 1 amide bonds. The van der Waals surface area contributed by atoms with E-state index in [1.807, 2.05) is 22.7 Å². The number of rotatable bonds is 3. The van der Waals surface area contributed by atoms with Crippen molar-refractivity contribution in [1.82, 2.24) is 24.3 Å². The van der Waals surface area contributed by atoms with Crippen molar-refractivity contribution in [1.29, 1.82) is 0 Å². The molecule has 0 aliphatic carbocycles. The predicted molar refractivity (Wildman–Crippen MR) is 89.4 cm³/mol. The number of ether oxygens (including phenoxy) is 1. The number of carbonyl (C=O) groups is 1. The van der Waals surface area contributed by atoms with Crippen LogP contribution in [-0.4, -0.2) is 88.2 Å². The monoisotopic (exact) mass is 333 g/mol. The third-order valence-corrected chi connectivity index (χ3v) is 5.84. The number of likely N-dealkylation sites (tertiary alicyclic amines) is 2. The quantitative estimate of drug-likeness (QED) is 0.775. The van der Waals surface area contributed by atoms with Gasteiger partial charge in [0.05, 0.1) is 18.7 Å². The molecular formula is C17H27N5O2. The van der Waals surface area contributed by atoms with Crippen LogP contribution < -0.4 is 0 Å². The Kier molecular flexibility index (Phi) is 4.32. The molecule has 3 aliphatic heterocycles. The molecule has 24 heavy (non-hydrogen) atoms. The van der Waals surface area contributed by atoms with Crippen molar-refractivity contribution in [3.63, 3.8) is 0 Å². The number of piperidine rings is 1. The van der Waals surface area contributed by atoms with E-state index in [4.69, 9.17) is 4.74 Å². The average molecular weight is 333 g/mol. The topological polar surface area (TPSA) is 53.8 Å². The summed E-state index contributed by atoms with van der Waals surface area (Å²) in [5.74, 6) is 1.02. The van der Waals surface area contributed by atoms with Crippen LogP contribution >= 0.6 is 0 Å². The highest BCUT2D eigenvalue weighted by Gasteiger charge is 2.45. The fraction of sp³-hybridized carbons (Fsp3) is 0.765. The maximum atomic E-state index is 12.4. The molecule has 3 fully saturated rings. The molecular weight excluding hydrogens is 306 g/mol. The summed E-state index contributed by atoms with van der Waals surface area (Å²) in [7, 11) is 4.17. The first-order valence-electron chi connectivity index (χ1n) is 8.91. The number of carbonyl (C=O) groups excluding carboxylic acids is 1. The predicted octanol–water partition coefficient (Wildman–Crippen LogP) is -0.0741. The Balaban J connectivity index is 1.46. The van der Waals surface area contributed by atoms with E-state index in [0.717, 1.165) is 32.0 Å². The minimum absolute atomic E-state index is 0.0875. The first-order valence-corrected chi connectivity index (χ1v) is 8.91. The van der Waals surface area contributed by atoms with Crippen molar-refractivity contribution in [2.75, 3.05) is 39.8 Å². The molecule has 0 saturated carbocycles. The fourth-order valence-electron chi connectivity index (χ4n) is 4.26. The number of hydrogen-bond donors (Lipinski definition) is 0. The van der Waals surface area contributed by atoms with Gasteiger partial charge in [-0.25, -0.2) is 4.98 Å². The van der Waals surface area contributed by atoms with Gasteiger partial charge in [-0.2, -0.15) is 0 Å². The first kappa shape index (κ1) is 16.1. The molecule has 7 nitrogen and oxygen atoms in total. The summed E-state index contributed by atoms with van der Waals surface area (Å²) in [6, 6.07) is 0.781. The van der Waals surface area contributed by atoms with Crippen LogP contribution in [0.4, 0.5) is 0 Å². The molecule has 7 heteroatoms. The van der Waals surface area contributed by atoms with E-state index in [1.54, 1.807) is 6.20 Å². The summed E-state index contributed by atoms with van der Waals surface area (Å²) in [4.78, 5) is 23.8. The van der Waals surface area contributed by atoms with Crippen molar-refractivity contribution in [2.45, 2.75) is 37.6 Å². The highest BCUT2D eigenvalue weighted by atomic mass is 16.5. The Bertz CT molecular complexity index is 596. The van der Waals surface area contributed by atoms with E-state index in [-0.39, 0.29) is 24.7 Å². The SMILES string of the molecule is CN1CCC(N2CC3OCC(=O)N(Cc4nccn4C)C3C2)CC1. The van der Waals surface area contributed by atoms with E-state index in [2.05, 4.69) is 21.8 Å². The summed E-state index contributed by atoms with van der Waals surface area (Å²) in [6.45, 7) is 4.97. The Labute approximate surface area is 143 Å². The molecule has 2 atom stereocenters. The lowest BCUT2D eigenvalue weighted by molar-refractivity contribution is -0.154. The number of aromatic nitrogens is 2. The molecule has 2 unspecified atom stereocenters. The molecule has 0 aromatic carbocycles. The number of morpholine rings is 1. The fourth-order valence-corrected chi connectivity index (χ4v) is 4.26. The van der Waals surface area contributed by atoms with E-state index in [0.29, 0.717) is 12.6 Å². The molecule has 1 aromatic heterocycles. The van der Waals surface area contributed by atoms with Crippen LogP contribution in [0.5, 0.6) is 0 Å². The van der Waals surface area contributed by atoms with Crippen LogP contribution in [0.15, 0.2) is 12.4 Å². The van der Waals surface area contributed by atoms with Gasteiger partial charge in [0, 0.05) is 38.6 Å². The third-order valence-electron chi connectivity index (χ3n) is 5.84. The van der Waals surface area contributed by atoms with E-state index in [1.165, 1.54) is 12.8 Å². The van der Waals surface area contributed by atoms with Crippen LogP contribution in [0.2, 0.25) is 0 Å². The van der Waals surface area contributed by atoms with E-state index < -0.39 is 0 Å². The number of fused-ring (bicyclic) bond motifs is 1. The van der Waals surface area contributed by atoms with E-state index >= 15 is 0 Å². The average Bonchev–Trinajstić information content (AvgIpc) is 3.17. The zero-order valence-corrected chi connectivity index (χ0v) is 14.6.